The number of hydrogen-bond donors (Lipinski definition) is 2. The summed E-state index contributed by atoms with van der Waals surface area (Å²) in [4.78, 5) is 27.0. The Hall–Kier alpha value is -2.73. The molecule has 1 heterocycles. The van der Waals surface area contributed by atoms with E-state index in [4.69, 9.17) is 0 Å². The number of carbonyl (C=O) groups is 2. The lowest BCUT2D eigenvalue weighted by Crippen LogP contribution is -2.33. The van der Waals surface area contributed by atoms with Crippen molar-refractivity contribution in [3.8, 4) is 0 Å². The molecule has 0 unspecified atom stereocenters. The number of nitrogens with zero attached hydrogens (tertiary/aromatic N) is 1. The van der Waals surface area contributed by atoms with Gasteiger partial charge in [-0.25, -0.2) is 9.18 Å². The Balaban J connectivity index is 1.64. The number of urea groups is 1. The molecule has 0 radical (unpaired) electrons. The molecule has 0 aliphatic carbocycles. The minimum atomic E-state index is -0.556. The maximum atomic E-state index is 13.6. The average molecular weight is 355 g/mol. The molecule has 0 atom stereocenters. The van der Waals surface area contributed by atoms with Gasteiger partial charge in [-0.05, 0) is 57.2 Å². The highest BCUT2D eigenvalue weighted by Gasteiger charge is 2.24. The summed E-state index contributed by atoms with van der Waals surface area (Å²) in [6.07, 6.45) is 1.70. The molecule has 2 aromatic carbocycles. The Morgan fingerprint density at radius 1 is 1.04 bits per heavy atom. The highest BCUT2D eigenvalue weighted by molar-refractivity contribution is 6.02. The van der Waals surface area contributed by atoms with E-state index < -0.39 is 11.8 Å². The number of rotatable bonds is 4. The van der Waals surface area contributed by atoms with Crippen molar-refractivity contribution in [2.24, 2.45) is 5.92 Å². The van der Waals surface area contributed by atoms with Crippen LogP contribution in [-0.2, 0) is 0 Å². The van der Waals surface area contributed by atoms with E-state index in [1.807, 2.05) is 0 Å². The normalized spacial score (nSPS) is 15.5. The lowest BCUT2D eigenvalue weighted by atomic mass is 9.89. The summed E-state index contributed by atoms with van der Waals surface area (Å²) in [5, 5.41) is 5.11. The smallest absolute Gasteiger partial charge is 0.308 e. The zero-order valence-corrected chi connectivity index (χ0v) is 14.7. The number of piperidine rings is 1. The van der Waals surface area contributed by atoms with Crippen LogP contribution >= 0.6 is 0 Å². The molecule has 3 rings (SSSR count). The van der Waals surface area contributed by atoms with Crippen LogP contribution in [0.3, 0.4) is 0 Å². The zero-order valence-electron chi connectivity index (χ0n) is 14.7. The first-order valence-corrected chi connectivity index (χ1v) is 8.68. The summed E-state index contributed by atoms with van der Waals surface area (Å²) in [5.74, 6) is -0.376. The van der Waals surface area contributed by atoms with E-state index in [9.17, 15) is 14.0 Å². The van der Waals surface area contributed by atoms with Crippen molar-refractivity contribution >= 4 is 23.2 Å². The molecule has 5 nitrogen and oxygen atoms in total. The van der Waals surface area contributed by atoms with Gasteiger partial charge in [-0.1, -0.05) is 24.3 Å². The van der Waals surface area contributed by atoms with Gasteiger partial charge in [0, 0.05) is 17.2 Å². The molecule has 1 aliphatic rings. The number of likely N-dealkylation sites (tertiary alicyclic amines) is 1. The maximum absolute atomic E-state index is 13.6. The number of anilines is 2. The third kappa shape index (κ3) is 4.46. The van der Waals surface area contributed by atoms with Gasteiger partial charge in [-0.2, -0.15) is 0 Å². The van der Waals surface area contributed by atoms with E-state index in [-0.39, 0.29) is 17.4 Å². The number of benzene rings is 2. The van der Waals surface area contributed by atoms with E-state index in [1.165, 1.54) is 12.1 Å². The summed E-state index contributed by atoms with van der Waals surface area (Å²) in [6, 6.07) is 12.3. The SMILES string of the molecule is CN1CCC(C(=O)c2cccc(NC(=O)Nc3ccccc3F)c2)CC1. The van der Waals surface area contributed by atoms with E-state index in [0.717, 1.165) is 25.9 Å². The van der Waals surface area contributed by atoms with Gasteiger partial charge in [-0.15, -0.1) is 0 Å². The quantitative estimate of drug-likeness (QED) is 0.815. The zero-order chi connectivity index (χ0) is 18.5. The van der Waals surface area contributed by atoms with Crippen molar-refractivity contribution in [2.75, 3.05) is 30.8 Å². The predicted molar refractivity (Wildman–Crippen MR) is 100 cm³/mol. The third-order valence-electron chi connectivity index (χ3n) is 4.62. The summed E-state index contributed by atoms with van der Waals surface area (Å²) < 4.78 is 13.6. The molecule has 2 amide bonds. The van der Waals surface area contributed by atoms with Crippen LogP contribution in [0.1, 0.15) is 23.2 Å². The molecule has 2 aromatic rings. The van der Waals surface area contributed by atoms with Gasteiger partial charge in [-0.3, -0.25) is 4.79 Å². The van der Waals surface area contributed by atoms with E-state index in [2.05, 4.69) is 22.6 Å². The molecule has 1 saturated heterocycles. The number of Topliss-reactive ketones (excluding diaryl/α,β-unsaturated/α-hetero) is 1. The van der Waals surface area contributed by atoms with Crippen LogP contribution in [0.2, 0.25) is 0 Å². The van der Waals surface area contributed by atoms with Crippen LogP contribution < -0.4 is 10.6 Å². The van der Waals surface area contributed by atoms with Crippen LogP contribution in [0.5, 0.6) is 0 Å². The summed E-state index contributed by atoms with van der Waals surface area (Å²) in [6.45, 7) is 1.83. The molecular formula is C20H22FN3O2. The fourth-order valence-electron chi connectivity index (χ4n) is 3.10. The topological polar surface area (TPSA) is 61.4 Å². The second-order valence-corrected chi connectivity index (χ2v) is 6.58. The number of hydrogen-bond acceptors (Lipinski definition) is 3. The molecule has 1 aliphatic heterocycles. The van der Waals surface area contributed by atoms with E-state index >= 15 is 0 Å². The standard InChI is InChI=1S/C20H22FN3O2/c1-24-11-9-14(10-12-24)19(25)15-5-4-6-16(13-15)22-20(26)23-18-8-3-2-7-17(18)21/h2-8,13-14H,9-12H2,1H3,(H2,22,23,26). The monoisotopic (exact) mass is 355 g/mol. The van der Waals surface area contributed by atoms with Crippen molar-refractivity contribution in [1.82, 2.24) is 4.90 Å². The van der Waals surface area contributed by atoms with Crippen molar-refractivity contribution in [3.05, 3.63) is 59.9 Å². The number of halogens is 1. The summed E-state index contributed by atoms with van der Waals surface area (Å²) in [7, 11) is 2.05. The average Bonchev–Trinajstić information content (AvgIpc) is 2.64. The first-order chi connectivity index (χ1) is 12.5. The van der Waals surface area contributed by atoms with Crippen molar-refractivity contribution in [1.29, 1.82) is 0 Å². The van der Waals surface area contributed by atoms with Gasteiger partial charge < -0.3 is 15.5 Å². The Morgan fingerprint density at radius 3 is 2.50 bits per heavy atom. The van der Waals surface area contributed by atoms with Gasteiger partial charge in [0.2, 0.25) is 0 Å². The van der Waals surface area contributed by atoms with E-state index in [0.29, 0.717) is 11.3 Å². The third-order valence-corrected chi connectivity index (χ3v) is 4.62. The molecule has 1 fully saturated rings. The second kappa shape index (κ2) is 8.10. The second-order valence-electron chi connectivity index (χ2n) is 6.58. The van der Waals surface area contributed by atoms with Crippen LogP contribution in [0, 0.1) is 11.7 Å². The van der Waals surface area contributed by atoms with Crippen molar-refractivity contribution in [2.45, 2.75) is 12.8 Å². The van der Waals surface area contributed by atoms with Gasteiger partial charge in [0.15, 0.2) is 5.78 Å². The van der Waals surface area contributed by atoms with E-state index in [1.54, 1.807) is 36.4 Å². The fraction of sp³-hybridized carbons (Fsp3) is 0.300. The van der Waals surface area contributed by atoms with Gasteiger partial charge in [0.25, 0.3) is 0 Å². The van der Waals surface area contributed by atoms with Crippen molar-refractivity contribution in [3.63, 3.8) is 0 Å². The number of ketones is 1. The van der Waals surface area contributed by atoms with Crippen LogP contribution in [0.15, 0.2) is 48.5 Å². The molecule has 26 heavy (non-hydrogen) atoms. The molecule has 0 saturated carbocycles. The first-order valence-electron chi connectivity index (χ1n) is 8.68. The number of para-hydroxylation sites is 1. The molecule has 136 valence electrons. The molecular weight excluding hydrogens is 333 g/mol. The number of carbonyl (C=O) groups excluding carboxylic acids is 2. The molecule has 0 spiro atoms. The lowest BCUT2D eigenvalue weighted by molar-refractivity contribution is 0.0857. The number of amides is 2. The molecule has 0 aromatic heterocycles. The van der Waals surface area contributed by atoms with Gasteiger partial charge >= 0.3 is 6.03 Å². The van der Waals surface area contributed by atoms with Crippen LogP contribution in [0.25, 0.3) is 0 Å². The molecule has 6 heteroatoms. The van der Waals surface area contributed by atoms with Crippen molar-refractivity contribution < 1.29 is 14.0 Å². The highest BCUT2D eigenvalue weighted by atomic mass is 19.1. The van der Waals surface area contributed by atoms with Crippen LogP contribution in [0.4, 0.5) is 20.6 Å². The molecule has 2 N–H and O–H groups in total. The fourth-order valence-corrected chi connectivity index (χ4v) is 3.10. The maximum Gasteiger partial charge on any atom is 0.323 e. The highest BCUT2D eigenvalue weighted by Crippen LogP contribution is 2.23. The first kappa shape index (κ1) is 18.1. The van der Waals surface area contributed by atoms with Gasteiger partial charge in [0.1, 0.15) is 5.82 Å². The molecule has 0 bridgehead atoms. The summed E-state index contributed by atoms with van der Waals surface area (Å²) >= 11 is 0. The predicted octanol–water partition coefficient (Wildman–Crippen LogP) is 3.99. The van der Waals surface area contributed by atoms with Gasteiger partial charge in [0.05, 0.1) is 5.69 Å². The number of nitrogens with one attached hydrogen (secondary N) is 2. The Bertz CT molecular complexity index is 801. The largest absolute Gasteiger partial charge is 0.323 e. The Labute approximate surface area is 152 Å². The Kier molecular flexibility index (Phi) is 5.63. The minimum absolute atomic E-state index is 0.0219. The minimum Gasteiger partial charge on any atom is -0.308 e. The Morgan fingerprint density at radius 2 is 1.77 bits per heavy atom. The summed E-state index contributed by atoms with van der Waals surface area (Å²) in [5.41, 5.74) is 1.18. The van der Waals surface area contributed by atoms with Crippen LogP contribution in [-0.4, -0.2) is 36.9 Å². The lowest BCUT2D eigenvalue weighted by Gasteiger charge is -2.28.